The quantitative estimate of drug-likeness (QED) is 0.714. The van der Waals surface area contributed by atoms with Crippen molar-refractivity contribution in [2.24, 2.45) is 5.92 Å². The van der Waals surface area contributed by atoms with Crippen molar-refractivity contribution in [1.82, 2.24) is 14.5 Å². The van der Waals surface area contributed by atoms with E-state index in [9.17, 15) is 9.59 Å². The van der Waals surface area contributed by atoms with E-state index in [4.69, 9.17) is 4.98 Å². The predicted molar refractivity (Wildman–Crippen MR) is 109 cm³/mol. The summed E-state index contributed by atoms with van der Waals surface area (Å²) >= 11 is 0. The number of nitrogens with one attached hydrogen (secondary N) is 1. The molecule has 1 heterocycles. The monoisotopic (exact) mass is 376 g/mol. The lowest BCUT2D eigenvalue weighted by atomic mass is 10.2. The highest BCUT2D eigenvalue weighted by atomic mass is 16.2. The van der Waals surface area contributed by atoms with Gasteiger partial charge in [0.1, 0.15) is 5.82 Å². The van der Waals surface area contributed by atoms with Crippen LogP contribution < -0.4 is 5.32 Å². The number of hydrogen-bond donors (Lipinski definition) is 1. The zero-order valence-electron chi connectivity index (χ0n) is 16.2. The molecule has 1 aliphatic rings. The summed E-state index contributed by atoms with van der Waals surface area (Å²) in [6, 6.07) is 15.1. The Morgan fingerprint density at radius 3 is 2.54 bits per heavy atom. The van der Waals surface area contributed by atoms with Crippen LogP contribution in [0.2, 0.25) is 0 Å². The maximum absolute atomic E-state index is 12.8. The number of hydrogen-bond acceptors (Lipinski definition) is 3. The highest BCUT2D eigenvalue weighted by Gasteiger charge is 2.29. The second-order valence-corrected chi connectivity index (χ2v) is 7.26. The van der Waals surface area contributed by atoms with E-state index < -0.39 is 0 Å². The van der Waals surface area contributed by atoms with Crippen molar-refractivity contribution < 1.29 is 9.59 Å². The molecule has 1 N–H and O–H groups in total. The molecule has 1 aromatic heterocycles. The van der Waals surface area contributed by atoms with Gasteiger partial charge in [-0.3, -0.25) is 9.59 Å². The largest absolute Gasteiger partial charge is 0.334 e. The molecule has 6 nitrogen and oxygen atoms in total. The topological polar surface area (TPSA) is 67.2 Å². The van der Waals surface area contributed by atoms with Gasteiger partial charge >= 0.3 is 0 Å². The van der Waals surface area contributed by atoms with Crippen LogP contribution in [-0.2, 0) is 17.9 Å². The Kier molecular flexibility index (Phi) is 4.86. The van der Waals surface area contributed by atoms with Gasteiger partial charge in [-0.05, 0) is 56.2 Å². The molecule has 4 rings (SSSR count). The molecule has 0 spiro atoms. The van der Waals surface area contributed by atoms with Crippen LogP contribution in [-0.4, -0.2) is 33.3 Å². The third-order valence-corrected chi connectivity index (χ3v) is 5.12. The molecule has 0 aliphatic heterocycles. The van der Waals surface area contributed by atoms with Gasteiger partial charge in [0, 0.05) is 30.8 Å². The van der Waals surface area contributed by atoms with Gasteiger partial charge in [-0.15, -0.1) is 0 Å². The zero-order valence-corrected chi connectivity index (χ0v) is 16.2. The second-order valence-electron chi connectivity index (χ2n) is 7.26. The number of fused-ring (bicyclic) bond motifs is 1. The highest BCUT2D eigenvalue weighted by molar-refractivity contribution is 5.96. The van der Waals surface area contributed by atoms with Crippen LogP contribution in [0.5, 0.6) is 0 Å². The first-order chi connectivity index (χ1) is 13.6. The fourth-order valence-corrected chi connectivity index (χ4v) is 3.39. The Bertz CT molecular complexity index is 1020. The summed E-state index contributed by atoms with van der Waals surface area (Å²) in [6.45, 7) is 3.31. The van der Waals surface area contributed by atoms with Crippen LogP contribution in [0.1, 0.15) is 35.9 Å². The van der Waals surface area contributed by atoms with Crippen LogP contribution in [0.15, 0.2) is 48.5 Å². The van der Waals surface area contributed by atoms with E-state index in [1.165, 1.54) is 0 Å². The number of imidazole rings is 1. The smallest absolute Gasteiger partial charge is 0.254 e. The van der Waals surface area contributed by atoms with E-state index in [0.29, 0.717) is 12.1 Å². The molecule has 0 radical (unpaired) electrons. The van der Waals surface area contributed by atoms with Gasteiger partial charge in [0.05, 0.1) is 17.6 Å². The lowest BCUT2D eigenvalue weighted by molar-refractivity contribution is -0.117. The Morgan fingerprint density at radius 2 is 1.86 bits per heavy atom. The average molecular weight is 376 g/mol. The van der Waals surface area contributed by atoms with Gasteiger partial charge in [-0.1, -0.05) is 12.1 Å². The van der Waals surface area contributed by atoms with Crippen molar-refractivity contribution in [3.63, 3.8) is 0 Å². The van der Waals surface area contributed by atoms with Gasteiger partial charge < -0.3 is 14.8 Å². The Morgan fingerprint density at radius 1 is 1.14 bits per heavy atom. The van der Waals surface area contributed by atoms with E-state index >= 15 is 0 Å². The minimum Gasteiger partial charge on any atom is -0.334 e. The number of rotatable bonds is 6. The van der Waals surface area contributed by atoms with E-state index in [-0.39, 0.29) is 17.7 Å². The molecule has 0 unspecified atom stereocenters. The molecular formula is C22H24N4O2. The normalized spacial score (nSPS) is 13.5. The van der Waals surface area contributed by atoms with Gasteiger partial charge in [-0.2, -0.15) is 0 Å². The molecule has 0 atom stereocenters. The van der Waals surface area contributed by atoms with E-state index in [0.717, 1.165) is 41.9 Å². The summed E-state index contributed by atoms with van der Waals surface area (Å²) in [5.74, 6) is 1.02. The molecule has 2 amide bonds. The van der Waals surface area contributed by atoms with Crippen molar-refractivity contribution in [3.05, 3.63) is 59.9 Å². The van der Waals surface area contributed by atoms with Crippen LogP contribution >= 0.6 is 0 Å². The minimum absolute atomic E-state index is 0.0645. The first kappa shape index (κ1) is 18.2. The first-order valence-corrected chi connectivity index (χ1v) is 9.67. The number of aryl methyl sites for hydroxylation is 1. The number of benzene rings is 2. The first-order valence-electron chi connectivity index (χ1n) is 9.67. The number of aromatic nitrogens is 2. The van der Waals surface area contributed by atoms with Crippen molar-refractivity contribution >= 4 is 28.5 Å². The van der Waals surface area contributed by atoms with Crippen molar-refractivity contribution in [3.8, 4) is 0 Å². The second kappa shape index (κ2) is 7.46. The fourth-order valence-electron chi connectivity index (χ4n) is 3.39. The van der Waals surface area contributed by atoms with Crippen molar-refractivity contribution in [2.45, 2.75) is 32.9 Å². The molecule has 0 saturated heterocycles. The number of nitrogens with zero attached hydrogens (tertiary/aromatic N) is 3. The van der Waals surface area contributed by atoms with Crippen molar-refractivity contribution in [2.75, 3.05) is 12.4 Å². The van der Waals surface area contributed by atoms with Crippen molar-refractivity contribution in [1.29, 1.82) is 0 Å². The van der Waals surface area contributed by atoms with Crippen LogP contribution in [0.25, 0.3) is 11.0 Å². The molecule has 28 heavy (non-hydrogen) atoms. The molecule has 6 heteroatoms. The number of para-hydroxylation sites is 2. The van der Waals surface area contributed by atoms with Crippen LogP contribution in [0, 0.1) is 5.92 Å². The van der Waals surface area contributed by atoms with Crippen LogP contribution in [0.3, 0.4) is 0 Å². The van der Waals surface area contributed by atoms with Gasteiger partial charge in [0.2, 0.25) is 5.91 Å². The van der Waals surface area contributed by atoms with Gasteiger partial charge in [-0.25, -0.2) is 4.98 Å². The molecular weight excluding hydrogens is 352 g/mol. The summed E-state index contributed by atoms with van der Waals surface area (Å²) in [4.78, 5) is 31.0. The Hall–Kier alpha value is -3.15. The molecule has 3 aromatic rings. The fraction of sp³-hybridized carbons (Fsp3) is 0.318. The molecule has 1 fully saturated rings. The maximum Gasteiger partial charge on any atom is 0.254 e. The summed E-state index contributed by atoms with van der Waals surface area (Å²) in [7, 11) is 1.78. The van der Waals surface area contributed by atoms with E-state index in [1.54, 1.807) is 36.2 Å². The number of carbonyl (C=O) groups is 2. The highest BCUT2D eigenvalue weighted by Crippen LogP contribution is 2.30. The lowest BCUT2D eigenvalue weighted by Gasteiger charge is -2.18. The molecule has 144 valence electrons. The third kappa shape index (κ3) is 3.63. The average Bonchev–Trinajstić information content (AvgIpc) is 3.50. The third-order valence-electron chi connectivity index (χ3n) is 5.12. The molecule has 2 aromatic carbocycles. The maximum atomic E-state index is 12.8. The summed E-state index contributed by atoms with van der Waals surface area (Å²) in [6.07, 6.45) is 1.94. The SMILES string of the molecule is CCn1c(CN(C)C(=O)c2ccc(NC(=O)C3CC3)cc2)nc2ccccc21. The number of anilines is 1. The summed E-state index contributed by atoms with van der Waals surface area (Å²) in [5, 5.41) is 2.89. The summed E-state index contributed by atoms with van der Waals surface area (Å²) in [5.41, 5.74) is 3.34. The van der Waals surface area contributed by atoms with Gasteiger partial charge in [0.15, 0.2) is 0 Å². The van der Waals surface area contributed by atoms with E-state index in [1.807, 2.05) is 24.3 Å². The zero-order chi connectivity index (χ0) is 19.7. The van der Waals surface area contributed by atoms with E-state index in [2.05, 4.69) is 16.8 Å². The predicted octanol–water partition coefficient (Wildman–Crippen LogP) is 3.68. The van der Waals surface area contributed by atoms with Gasteiger partial charge in [0.25, 0.3) is 5.91 Å². The molecule has 1 aliphatic carbocycles. The number of amides is 2. The Balaban J connectivity index is 1.46. The summed E-state index contributed by atoms with van der Waals surface area (Å²) < 4.78 is 2.13. The van der Waals surface area contributed by atoms with Crippen LogP contribution in [0.4, 0.5) is 5.69 Å². The molecule has 0 bridgehead atoms. The Labute approximate surface area is 164 Å². The molecule has 1 saturated carbocycles. The lowest BCUT2D eigenvalue weighted by Crippen LogP contribution is -2.27. The standard InChI is InChI=1S/C22H24N4O2/c1-3-26-19-7-5-4-6-18(19)24-20(26)14-25(2)22(28)16-10-12-17(13-11-16)23-21(27)15-8-9-15/h4-7,10-13,15H,3,8-9,14H2,1-2H3,(H,23,27). The minimum atomic E-state index is -0.0743. The number of carbonyl (C=O) groups excluding carboxylic acids is 2.